The Kier molecular flexibility index (Phi) is 8.43. The molecule has 0 bridgehead atoms. The van der Waals surface area contributed by atoms with E-state index >= 15 is 0 Å². The first-order valence-electron chi connectivity index (χ1n) is 7.06. The molecule has 1 aromatic heterocycles. The summed E-state index contributed by atoms with van der Waals surface area (Å²) in [6.45, 7) is -1.82. The number of aromatic nitrogens is 1. The number of hydrogen-bond acceptors (Lipinski definition) is 7. The van der Waals surface area contributed by atoms with Crippen LogP contribution in [-0.4, -0.2) is 87.0 Å². The molecule has 0 spiro atoms. The van der Waals surface area contributed by atoms with Crippen molar-refractivity contribution in [1.29, 1.82) is 0 Å². The van der Waals surface area contributed by atoms with E-state index in [-0.39, 0.29) is 37.7 Å². The average Bonchev–Trinajstić information content (AvgIpc) is 2.57. The van der Waals surface area contributed by atoms with E-state index in [2.05, 4.69) is 15.6 Å². The van der Waals surface area contributed by atoms with Gasteiger partial charge in [0.1, 0.15) is 13.5 Å². The number of aliphatic hydroxyl groups is 4. The number of pyridine rings is 1. The van der Waals surface area contributed by atoms with Gasteiger partial charge in [-0.15, -0.1) is 0 Å². The molecule has 4 amide bonds. The normalized spacial score (nSPS) is 10.2. The van der Waals surface area contributed by atoms with Gasteiger partial charge in [0.05, 0.1) is 37.0 Å². The fraction of sp³-hybridized carbons (Fsp3) is 0.462. The lowest BCUT2D eigenvalue weighted by atomic mass is 10.3. The highest BCUT2D eigenvalue weighted by molar-refractivity contribution is 5.92. The van der Waals surface area contributed by atoms with E-state index in [1.807, 2.05) is 0 Å². The summed E-state index contributed by atoms with van der Waals surface area (Å²) < 4.78 is 0. The third-order valence-electron chi connectivity index (χ3n) is 2.90. The second kappa shape index (κ2) is 10.3. The molecule has 11 nitrogen and oxygen atoms in total. The predicted molar refractivity (Wildman–Crippen MR) is 84.0 cm³/mol. The summed E-state index contributed by atoms with van der Waals surface area (Å²) in [5, 5.41) is 40.6. The zero-order chi connectivity index (χ0) is 17.9. The monoisotopic (exact) mass is 343 g/mol. The van der Waals surface area contributed by atoms with Crippen LogP contribution in [0.4, 0.5) is 21.0 Å². The fourth-order valence-electron chi connectivity index (χ4n) is 1.70. The van der Waals surface area contributed by atoms with Crippen LogP contribution < -0.4 is 10.6 Å². The van der Waals surface area contributed by atoms with Gasteiger partial charge >= 0.3 is 12.1 Å². The zero-order valence-electron chi connectivity index (χ0n) is 12.9. The molecule has 0 aliphatic heterocycles. The first-order chi connectivity index (χ1) is 11.5. The maximum atomic E-state index is 11.9. The summed E-state index contributed by atoms with van der Waals surface area (Å²) in [7, 11) is 0. The molecule has 0 unspecified atom stereocenters. The molecule has 0 fully saturated rings. The first-order valence-corrected chi connectivity index (χ1v) is 7.06. The van der Waals surface area contributed by atoms with Crippen LogP contribution in [0.2, 0.25) is 0 Å². The first kappa shape index (κ1) is 19.6. The second-order valence-electron chi connectivity index (χ2n) is 4.58. The van der Waals surface area contributed by atoms with Gasteiger partial charge in [0.25, 0.3) is 0 Å². The van der Waals surface area contributed by atoms with Crippen LogP contribution >= 0.6 is 0 Å². The number of aliphatic hydroxyl groups excluding tert-OH is 4. The maximum absolute atomic E-state index is 11.9. The van der Waals surface area contributed by atoms with Crippen LogP contribution in [0.15, 0.2) is 18.5 Å². The summed E-state index contributed by atoms with van der Waals surface area (Å²) in [5.41, 5.74) is 0.513. The van der Waals surface area contributed by atoms with E-state index in [9.17, 15) is 9.59 Å². The number of anilines is 2. The minimum atomic E-state index is -0.644. The van der Waals surface area contributed by atoms with Crippen LogP contribution in [0, 0.1) is 0 Å². The molecule has 0 radical (unpaired) electrons. The smallest absolute Gasteiger partial charge is 0.323 e. The Hall–Kier alpha value is -2.47. The Morgan fingerprint density at radius 3 is 1.62 bits per heavy atom. The SMILES string of the molecule is O=C(Nc1cncc(NC(=O)N(CO)CCO)c1)N(CO)CCO. The van der Waals surface area contributed by atoms with Gasteiger partial charge in [-0.1, -0.05) is 0 Å². The fourth-order valence-corrected chi connectivity index (χ4v) is 1.70. The van der Waals surface area contributed by atoms with Gasteiger partial charge in [-0.25, -0.2) is 9.59 Å². The second-order valence-corrected chi connectivity index (χ2v) is 4.58. The number of hydrogen-bond donors (Lipinski definition) is 6. The summed E-state index contributed by atoms with van der Waals surface area (Å²) in [6.07, 6.45) is 2.67. The number of nitrogens with zero attached hydrogens (tertiary/aromatic N) is 3. The quantitative estimate of drug-likeness (QED) is 0.318. The Bertz CT molecular complexity index is 500. The average molecular weight is 343 g/mol. The highest BCUT2D eigenvalue weighted by atomic mass is 16.3. The van der Waals surface area contributed by atoms with Crippen molar-refractivity contribution in [2.75, 3.05) is 50.4 Å². The van der Waals surface area contributed by atoms with Crippen LogP contribution in [0.25, 0.3) is 0 Å². The van der Waals surface area contributed by atoms with Gasteiger partial charge < -0.3 is 31.1 Å². The Balaban J connectivity index is 2.72. The molecule has 0 saturated carbocycles. The third kappa shape index (κ3) is 5.96. The molecule has 6 N–H and O–H groups in total. The molecule has 0 atom stereocenters. The van der Waals surface area contributed by atoms with Crippen molar-refractivity contribution < 1.29 is 30.0 Å². The predicted octanol–water partition coefficient (Wildman–Crippen LogP) is -1.37. The molecular weight excluding hydrogens is 322 g/mol. The molecule has 0 aliphatic rings. The molecule has 24 heavy (non-hydrogen) atoms. The van der Waals surface area contributed by atoms with Crippen molar-refractivity contribution in [1.82, 2.24) is 14.8 Å². The molecule has 0 aromatic carbocycles. The van der Waals surface area contributed by atoms with Gasteiger partial charge in [0, 0.05) is 13.1 Å². The molecule has 134 valence electrons. The Morgan fingerprint density at radius 1 is 0.875 bits per heavy atom. The number of carbonyl (C=O) groups excluding carboxylic acids is 2. The van der Waals surface area contributed by atoms with Gasteiger partial charge in [-0.2, -0.15) is 0 Å². The topological polar surface area (TPSA) is 158 Å². The van der Waals surface area contributed by atoms with E-state index in [1.165, 1.54) is 18.5 Å². The van der Waals surface area contributed by atoms with Crippen LogP contribution in [0.1, 0.15) is 0 Å². The van der Waals surface area contributed by atoms with Crippen LogP contribution in [0.5, 0.6) is 0 Å². The highest BCUT2D eigenvalue weighted by Crippen LogP contribution is 2.14. The standard InChI is InChI=1S/C13H21N5O6/c19-3-1-17(8-21)12(23)15-10-5-11(7-14-6-10)16-13(24)18(9-22)2-4-20/h5-7,19-22H,1-4,8-9H2,(H,15,23)(H,16,24). The van der Waals surface area contributed by atoms with Gasteiger partial charge in [0.2, 0.25) is 0 Å². The number of carbonyl (C=O) groups is 2. The number of amides is 4. The van der Waals surface area contributed by atoms with Crippen molar-refractivity contribution in [2.24, 2.45) is 0 Å². The summed E-state index contributed by atoms with van der Waals surface area (Å²) >= 11 is 0. The molecule has 1 aromatic rings. The molecule has 1 rings (SSSR count). The molecule has 1 heterocycles. The van der Waals surface area contributed by atoms with E-state index < -0.39 is 25.5 Å². The number of rotatable bonds is 8. The third-order valence-corrected chi connectivity index (χ3v) is 2.90. The summed E-state index contributed by atoms with van der Waals surface area (Å²) in [4.78, 5) is 29.5. The molecule has 0 saturated heterocycles. The molecular formula is C13H21N5O6. The minimum absolute atomic E-state index is 0.0428. The van der Waals surface area contributed by atoms with Crippen molar-refractivity contribution in [3.05, 3.63) is 18.5 Å². The van der Waals surface area contributed by atoms with Gasteiger partial charge in [-0.05, 0) is 6.07 Å². The van der Waals surface area contributed by atoms with Gasteiger partial charge in [-0.3, -0.25) is 14.8 Å². The lowest BCUT2D eigenvalue weighted by Crippen LogP contribution is -2.38. The lowest BCUT2D eigenvalue weighted by Gasteiger charge is -2.20. The van der Waals surface area contributed by atoms with Crippen molar-refractivity contribution >= 4 is 23.4 Å². The lowest BCUT2D eigenvalue weighted by molar-refractivity contribution is 0.113. The number of urea groups is 2. The highest BCUT2D eigenvalue weighted by Gasteiger charge is 2.14. The van der Waals surface area contributed by atoms with E-state index in [0.717, 1.165) is 9.80 Å². The van der Waals surface area contributed by atoms with E-state index in [4.69, 9.17) is 20.4 Å². The Morgan fingerprint density at radius 2 is 1.29 bits per heavy atom. The largest absolute Gasteiger partial charge is 0.395 e. The summed E-state index contributed by atoms with van der Waals surface area (Å²) in [5.74, 6) is 0. The summed E-state index contributed by atoms with van der Waals surface area (Å²) in [6, 6.07) is 0.134. The van der Waals surface area contributed by atoms with Crippen LogP contribution in [-0.2, 0) is 0 Å². The molecule has 11 heteroatoms. The van der Waals surface area contributed by atoms with Crippen molar-refractivity contribution in [2.45, 2.75) is 0 Å². The maximum Gasteiger partial charge on any atom is 0.323 e. The van der Waals surface area contributed by atoms with E-state index in [1.54, 1.807) is 0 Å². The van der Waals surface area contributed by atoms with Crippen molar-refractivity contribution in [3.8, 4) is 0 Å². The van der Waals surface area contributed by atoms with Gasteiger partial charge in [0.15, 0.2) is 0 Å². The number of nitrogens with one attached hydrogen (secondary N) is 2. The zero-order valence-corrected chi connectivity index (χ0v) is 12.9. The van der Waals surface area contributed by atoms with Crippen LogP contribution in [0.3, 0.4) is 0 Å². The molecule has 0 aliphatic carbocycles. The minimum Gasteiger partial charge on any atom is -0.395 e. The Labute approximate surface area is 138 Å². The van der Waals surface area contributed by atoms with E-state index in [0.29, 0.717) is 0 Å². The van der Waals surface area contributed by atoms with Crippen molar-refractivity contribution in [3.63, 3.8) is 0 Å².